The highest BCUT2D eigenvalue weighted by molar-refractivity contribution is 5.86. The minimum absolute atomic E-state index is 0.0547. The topological polar surface area (TPSA) is 105 Å². The summed E-state index contributed by atoms with van der Waals surface area (Å²) in [5.74, 6) is -1.33. The summed E-state index contributed by atoms with van der Waals surface area (Å²) in [6.45, 7) is 5.67. The first kappa shape index (κ1) is 28.7. The molecule has 8 nitrogen and oxygen atoms in total. The summed E-state index contributed by atoms with van der Waals surface area (Å²) in [6, 6.07) is 21.5. The van der Waals surface area contributed by atoms with Gasteiger partial charge in [0.1, 0.15) is 12.6 Å². The number of carbonyl (C=O) groups is 3. The molecule has 202 valence electrons. The summed E-state index contributed by atoms with van der Waals surface area (Å²) in [6.07, 6.45) is -1.29. The highest BCUT2D eigenvalue weighted by atomic mass is 16.5. The van der Waals surface area contributed by atoms with Gasteiger partial charge in [-0.05, 0) is 34.7 Å². The largest absolute Gasteiger partial charge is 0.464 e. The van der Waals surface area contributed by atoms with Gasteiger partial charge in [-0.3, -0.25) is 0 Å². The number of fused-ring (bicyclic) bond motifs is 1. The van der Waals surface area contributed by atoms with Crippen molar-refractivity contribution >= 4 is 28.7 Å². The lowest BCUT2D eigenvalue weighted by Crippen LogP contribution is -2.52. The molecule has 0 aliphatic carbocycles. The van der Waals surface area contributed by atoms with Gasteiger partial charge in [0, 0.05) is 13.0 Å². The normalized spacial score (nSPS) is 12.6. The van der Waals surface area contributed by atoms with Crippen LogP contribution in [0.3, 0.4) is 0 Å². The fraction of sp³-hybridized carbons (Fsp3) is 0.367. The predicted molar refractivity (Wildman–Crippen MR) is 145 cm³/mol. The maximum atomic E-state index is 13.3. The zero-order chi connectivity index (χ0) is 27.5. The van der Waals surface area contributed by atoms with Crippen molar-refractivity contribution in [3.63, 3.8) is 0 Å². The Morgan fingerprint density at radius 3 is 2.21 bits per heavy atom. The number of rotatable bonds is 12. The minimum Gasteiger partial charge on any atom is -0.464 e. The standard InChI is InChI=1S/C30H36N2O6/c1-4-37-29(35)27(33)19-32(18-21(2)3)30(36)31-26(28(34)38-20-22-10-6-5-7-11-22)17-23-14-15-24-12-8-9-13-25(24)16-23/h5-16,21,26-27,33H,4,17-20H2,1-3H3,(H,31,36)/t26-,27?/m0/s1. The molecule has 2 amide bonds. The first-order chi connectivity index (χ1) is 18.3. The average molecular weight is 521 g/mol. The van der Waals surface area contributed by atoms with Crippen molar-refractivity contribution in [1.82, 2.24) is 10.2 Å². The number of nitrogens with one attached hydrogen (secondary N) is 1. The molecule has 2 atom stereocenters. The number of hydrogen-bond acceptors (Lipinski definition) is 6. The number of aliphatic hydroxyl groups is 1. The van der Waals surface area contributed by atoms with E-state index in [0.29, 0.717) is 0 Å². The van der Waals surface area contributed by atoms with Crippen molar-refractivity contribution in [3.8, 4) is 0 Å². The van der Waals surface area contributed by atoms with E-state index in [0.717, 1.165) is 21.9 Å². The number of nitrogens with zero attached hydrogens (tertiary/aromatic N) is 1. The van der Waals surface area contributed by atoms with E-state index in [4.69, 9.17) is 9.47 Å². The Morgan fingerprint density at radius 2 is 1.53 bits per heavy atom. The fourth-order valence-electron chi connectivity index (χ4n) is 4.07. The fourth-order valence-corrected chi connectivity index (χ4v) is 4.07. The van der Waals surface area contributed by atoms with Gasteiger partial charge in [-0.25, -0.2) is 14.4 Å². The molecule has 0 spiro atoms. The first-order valence-corrected chi connectivity index (χ1v) is 12.8. The second-order valence-electron chi connectivity index (χ2n) is 9.55. The molecule has 0 saturated heterocycles. The van der Waals surface area contributed by atoms with Gasteiger partial charge >= 0.3 is 18.0 Å². The zero-order valence-electron chi connectivity index (χ0n) is 22.1. The van der Waals surface area contributed by atoms with Crippen molar-refractivity contribution in [1.29, 1.82) is 0 Å². The van der Waals surface area contributed by atoms with E-state index in [1.807, 2.05) is 86.6 Å². The minimum atomic E-state index is -1.50. The van der Waals surface area contributed by atoms with Crippen molar-refractivity contribution in [2.24, 2.45) is 5.92 Å². The van der Waals surface area contributed by atoms with Gasteiger partial charge in [-0.2, -0.15) is 0 Å². The molecule has 0 saturated carbocycles. The maximum absolute atomic E-state index is 13.3. The second-order valence-corrected chi connectivity index (χ2v) is 9.55. The molecule has 0 heterocycles. The number of ether oxygens (including phenoxy) is 2. The van der Waals surface area contributed by atoms with Crippen LogP contribution >= 0.6 is 0 Å². The van der Waals surface area contributed by atoms with Crippen LogP contribution in [-0.2, 0) is 32.1 Å². The Labute approximate surface area is 223 Å². The molecule has 38 heavy (non-hydrogen) atoms. The summed E-state index contributed by atoms with van der Waals surface area (Å²) in [5.41, 5.74) is 1.68. The van der Waals surface area contributed by atoms with Gasteiger partial charge < -0.3 is 24.8 Å². The number of esters is 2. The number of urea groups is 1. The molecule has 3 aromatic carbocycles. The van der Waals surface area contributed by atoms with Gasteiger partial charge in [-0.1, -0.05) is 86.6 Å². The van der Waals surface area contributed by atoms with Crippen molar-refractivity contribution in [2.75, 3.05) is 19.7 Å². The van der Waals surface area contributed by atoms with Crippen LogP contribution in [0.2, 0.25) is 0 Å². The van der Waals surface area contributed by atoms with E-state index in [2.05, 4.69) is 5.32 Å². The van der Waals surface area contributed by atoms with Crippen LogP contribution in [-0.4, -0.2) is 59.8 Å². The molecule has 0 bridgehead atoms. The SMILES string of the molecule is CCOC(=O)C(O)CN(CC(C)C)C(=O)N[C@@H](Cc1ccc2ccccc2c1)C(=O)OCc1ccccc1. The summed E-state index contributed by atoms with van der Waals surface area (Å²) < 4.78 is 10.4. The molecule has 3 aromatic rings. The van der Waals surface area contributed by atoms with Crippen LogP contribution in [0.5, 0.6) is 0 Å². The number of hydrogen-bond donors (Lipinski definition) is 2. The van der Waals surface area contributed by atoms with Gasteiger partial charge in [0.2, 0.25) is 0 Å². The molecule has 0 aliphatic heterocycles. The highest BCUT2D eigenvalue weighted by Crippen LogP contribution is 2.17. The zero-order valence-corrected chi connectivity index (χ0v) is 22.1. The molecule has 0 aromatic heterocycles. The van der Waals surface area contributed by atoms with Crippen LogP contribution in [0.15, 0.2) is 72.8 Å². The Bertz CT molecular complexity index is 1210. The Hall–Kier alpha value is -3.91. The number of aliphatic hydroxyl groups excluding tert-OH is 1. The van der Waals surface area contributed by atoms with E-state index in [1.165, 1.54) is 4.90 Å². The Morgan fingerprint density at radius 1 is 0.842 bits per heavy atom. The molecule has 2 N–H and O–H groups in total. The van der Waals surface area contributed by atoms with Crippen molar-refractivity contribution < 1.29 is 29.0 Å². The van der Waals surface area contributed by atoms with Gasteiger partial charge in [0.25, 0.3) is 0 Å². The quantitative estimate of drug-likeness (QED) is 0.349. The molecule has 0 radical (unpaired) electrons. The Kier molecular flexibility index (Phi) is 10.7. The monoisotopic (exact) mass is 520 g/mol. The Balaban J connectivity index is 1.79. The van der Waals surface area contributed by atoms with Crippen molar-refractivity contribution in [3.05, 3.63) is 83.9 Å². The third-order valence-corrected chi connectivity index (χ3v) is 5.88. The lowest BCUT2D eigenvalue weighted by molar-refractivity contribution is -0.153. The van der Waals surface area contributed by atoms with Crippen molar-refractivity contribution in [2.45, 2.75) is 45.9 Å². The lowest BCUT2D eigenvalue weighted by atomic mass is 10.0. The highest BCUT2D eigenvalue weighted by Gasteiger charge is 2.29. The van der Waals surface area contributed by atoms with Crippen LogP contribution in [0.1, 0.15) is 31.9 Å². The van der Waals surface area contributed by atoms with Crippen LogP contribution < -0.4 is 5.32 Å². The third kappa shape index (κ3) is 8.59. The van der Waals surface area contributed by atoms with Gasteiger partial charge in [-0.15, -0.1) is 0 Å². The molecule has 0 aliphatic rings. The summed E-state index contributed by atoms with van der Waals surface area (Å²) >= 11 is 0. The number of carbonyl (C=O) groups excluding carboxylic acids is 3. The lowest BCUT2D eigenvalue weighted by Gasteiger charge is -2.28. The third-order valence-electron chi connectivity index (χ3n) is 5.88. The van der Waals surface area contributed by atoms with Crippen LogP contribution in [0.4, 0.5) is 4.79 Å². The molecule has 8 heteroatoms. The molecule has 3 rings (SSSR count). The maximum Gasteiger partial charge on any atom is 0.336 e. The average Bonchev–Trinajstić information content (AvgIpc) is 2.91. The van der Waals surface area contributed by atoms with E-state index in [-0.39, 0.29) is 38.6 Å². The van der Waals surface area contributed by atoms with E-state index >= 15 is 0 Å². The van der Waals surface area contributed by atoms with Crippen LogP contribution in [0.25, 0.3) is 10.8 Å². The van der Waals surface area contributed by atoms with Crippen LogP contribution in [0, 0.1) is 5.92 Å². The summed E-state index contributed by atoms with van der Waals surface area (Å²) in [4.78, 5) is 39.8. The van der Waals surface area contributed by atoms with Gasteiger partial charge in [0.15, 0.2) is 6.10 Å². The summed E-state index contributed by atoms with van der Waals surface area (Å²) in [5, 5.41) is 15.2. The summed E-state index contributed by atoms with van der Waals surface area (Å²) in [7, 11) is 0. The first-order valence-electron chi connectivity index (χ1n) is 12.8. The number of amides is 2. The molecule has 1 unspecified atom stereocenters. The van der Waals surface area contributed by atoms with E-state index in [1.54, 1.807) is 6.92 Å². The number of benzene rings is 3. The van der Waals surface area contributed by atoms with E-state index in [9.17, 15) is 19.5 Å². The second kappa shape index (κ2) is 14.1. The predicted octanol–water partition coefficient (Wildman–Crippen LogP) is 4.09. The smallest absolute Gasteiger partial charge is 0.336 e. The van der Waals surface area contributed by atoms with Gasteiger partial charge in [0.05, 0.1) is 13.2 Å². The molecule has 0 fully saturated rings. The van der Waals surface area contributed by atoms with E-state index < -0.39 is 30.1 Å². The molecular weight excluding hydrogens is 484 g/mol. The molecular formula is C30H36N2O6.